The summed E-state index contributed by atoms with van der Waals surface area (Å²) in [6.07, 6.45) is 0.399. The van der Waals surface area contributed by atoms with Crippen molar-refractivity contribution in [3.05, 3.63) is 59.1 Å². The molecule has 0 N–H and O–H groups in total. The molecule has 0 heterocycles. The molecule has 27 heavy (non-hydrogen) atoms. The van der Waals surface area contributed by atoms with Crippen LogP contribution in [0.2, 0.25) is 5.02 Å². The molecule has 0 saturated carbocycles. The predicted octanol–water partition coefficient (Wildman–Crippen LogP) is 4.89. The molecular formula is C20H26Cl2N2O3. The van der Waals surface area contributed by atoms with Crippen LogP contribution in [-0.4, -0.2) is 50.7 Å². The molecule has 0 aromatic heterocycles. The topological polar surface area (TPSA) is 42.0 Å². The first kappa shape index (κ1) is 23.1. The minimum atomic E-state index is -0.394. The molecule has 2 rings (SSSR count). The van der Waals surface area contributed by atoms with Crippen LogP contribution in [0.5, 0.6) is 11.5 Å². The van der Waals surface area contributed by atoms with Crippen molar-refractivity contribution in [2.75, 3.05) is 34.8 Å². The van der Waals surface area contributed by atoms with Crippen LogP contribution in [0.3, 0.4) is 0 Å². The normalized spacial score (nSPS) is 11.5. The molecule has 1 unspecified atom stereocenters. The highest BCUT2D eigenvalue weighted by molar-refractivity contribution is 6.30. The van der Waals surface area contributed by atoms with Gasteiger partial charge in [-0.3, -0.25) is 0 Å². The zero-order chi connectivity index (χ0) is 19.1. The standard InChI is InChI=1S/C20H25ClN2O3.ClH/c1-22(2)19(12-13-25-17-10-8-16(21)9-11-17)15-6-5-7-18(14-15)26-20(24)23(3)4;/h5-11,14,19H,12-13H2,1-4H3;1H. The van der Waals surface area contributed by atoms with Gasteiger partial charge in [0.05, 0.1) is 6.61 Å². The Morgan fingerprint density at radius 3 is 2.30 bits per heavy atom. The Kier molecular flexibility index (Phi) is 9.43. The van der Waals surface area contributed by atoms with Crippen LogP contribution < -0.4 is 9.47 Å². The third kappa shape index (κ3) is 7.29. The van der Waals surface area contributed by atoms with E-state index in [-0.39, 0.29) is 18.4 Å². The van der Waals surface area contributed by atoms with Crippen molar-refractivity contribution >= 4 is 30.1 Å². The van der Waals surface area contributed by atoms with Crippen LogP contribution in [0.15, 0.2) is 48.5 Å². The van der Waals surface area contributed by atoms with Crippen molar-refractivity contribution in [2.24, 2.45) is 0 Å². The molecule has 1 amide bonds. The van der Waals surface area contributed by atoms with E-state index in [1.54, 1.807) is 20.2 Å². The van der Waals surface area contributed by atoms with E-state index < -0.39 is 6.09 Å². The fraction of sp³-hybridized carbons (Fsp3) is 0.350. The average Bonchev–Trinajstić information content (AvgIpc) is 2.60. The summed E-state index contributed by atoms with van der Waals surface area (Å²) in [5.41, 5.74) is 1.07. The molecule has 0 saturated heterocycles. The van der Waals surface area contributed by atoms with Gasteiger partial charge in [-0.25, -0.2) is 4.79 Å². The first-order valence-electron chi connectivity index (χ1n) is 8.40. The molecule has 0 aliphatic heterocycles. The lowest BCUT2D eigenvalue weighted by molar-refractivity contribution is 0.171. The Balaban J connectivity index is 0.00000364. The fourth-order valence-corrected chi connectivity index (χ4v) is 2.65. The molecule has 2 aromatic carbocycles. The Hall–Kier alpha value is -1.95. The van der Waals surface area contributed by atoms with Crippen molar-refractivity contribution in [3.63, 3.8) is 0 Å². The van der Waals surface area contributed by atoms with E-state index in [4.69, 9.17) is 21.1 Å². The van der Waals surface area contributed by atoms with E-state index in [0.29, 0.717) is 17.4 Å². The molecular weight excluding hydrogens is 387 g/mol. The van der Waals surface area contributed by atoms with Crippen LogP contribution in [0.4, 0.5) is 4.79 Å². The molecule has 5 nitrogen and oxygen atoms in total. The lowest BCUT2D eigenvalue weighted by Gasteiger charge is -2.25. The second kappa shape index (κ2) is 11.0. The third-order valence-electron chi connectivity index (χ3n) is 3.91. The number of carbonyl (C=O) groups excluding carboxylic acids is 1. The molecule has 0 fully saturated rings. The molecule has 0 aliphatic carbocycles. The summed E-state index contributed by atoms with van der Waals surface area (Å²) in [4.78, 5) is 15.3. The summed E-state index contributed by atoms with van der Waals surface area (Å²) in [7, 11) is 7.35. The number of hydrogen-bond donors (Lipinski definition) is 0. The number of rotatable bonds is 7. The van der Waals surface area contributed by atoms with Gasteiger partial charge in [0.1, 0.15) is 11.5 Å². The highest BCUT2D eigenvalue weighted by Gasteiger charge is 2.16. The fourth-order valence-electron chi connectivity index (χ4n) is 2.52. The molecule has 1 atom stereocenters. The van der Waals surface area contributed by atoms with Gasteiger partial charge in [0.25, 0.3) is 0 Å². The molecule has 148 valence electrons. The average molecular weight is 413 g/mol. The summed E-state index contributed by atoms with van der Waals surface area (Å²) < 4.78 is 11.2. The maximum Gasteiger partial charge on any atom is 0.414 e. The summed E-state index contributed by atoms with van der Waals surface area (Å²) in [6, 6.07) is 15.1. The lowest BCUT2D eigenvalue weighted by atomic mass is 10.0. The van der Waals surface area contributed by atoms with E-state index in [0.717, 1.165) is 17.7 Å². The summed E-state index contributed by atoms with van der Waals surface area (Å²) in [5, 5.41) is 0.688. The summed E-state index contributed by atoms with van der Waals surface area (Å²) in [5.74, 6) is 1.33. The first-order valence-corrected chi connectivity index (χ1v) is 8.78. The number of benzene rings is 2. The van der Waals surface area contributed by atoms with Crippen molar-refractivity contribution in [1.29, 1.82) is 0 Å². The number of halogens is 2. The van der Waals surface area contributed by atoms with Gasteiger partial charge in [-0.05, 0) is 56.1 Å². The van der Waals surface area contributed by atoms with Gasteiger partial charge in [0.15, 0.2) is 0 Å². The quantitative estimate of drug-likeness (QED) is 0.648. The SMILES string of the molecule is CN(C)C(=O)Oc1cccc(C(CCOc2ccc(Cl)cc2)N(C)C)c1.Cl. The Morgan fingerprint density at radius 2 is 1.70 bits per heavy atom. The van der Waals surface area contributed by atoms with Crippen LogP contribution in [0.1, 0.15) is 18.0 Å². The van der Waals surface area contributed by atoms with Gasteiger partial charge in [0.2, 0.25) is 0 Å². The second-order valence-corrected chi connectivity index (χ2v) is 6.84. The monoisotopic (exact) mass is 412 g/mol. The molecule has 2 aromatic rings. The van der Waals surface area contributed by atoms with Crippen molar-refractivity contribution < 1.29 is 14.3 Å². The van der Waals surface area contributed by atoms with Gasteiger partial charge in [-0.1, -0.05) is 23.7 Å². The first-order chi connectivity index (χ1) is 12.4. The number of nitrogens with zero attached hydrogens (tertiary/aromatic N) is 2. The van der Waals surface area contributed by atoms with Crippen LogP contribution in [0.25, 0.3) is 0 Å². The van der Waals surface area contributed by atoms with Gasteiger partial charge < -0.3 is 19.3 Å². The highest BCUT2D eigenvalue weighted by atomic mass is 35.5. The zero-order valence-electron chi connectivity index (χ0n) is 16.0. The van der Waals surface area contributed by atoms with E-state index in [9.17, 15) is 4.79 Å². The third-order valence-corrected chi connectivity index (χ3v) is 4.16. The number of carbonyl (C=O) groups is 1. The number of amides is 1. The van der Waals surface area contributed by atoms with Gasteiger partial charge in [-0.2, -0.15) is 0 Å². The molecule has 0 spiro atoms. The Labute approximate surface area is 172 Å². The van der Waals surface area contributed by atoms with Crippen LogP contribution in [0, 0.1) is 0 Å². The Bertz CT molecular complexity index is 721. The van der Waals surface area contributed by atoms with Crippen LogP contribution >= 0.6 is 24.0 Å². The molecule has 7 heteroatoms. The minimum absolute atomic E-state index is 0. The number of hydrogen-bond acceptors (Lipinski definition) is 4. The lowest BCUT2D eigenvalue weighted by Crippen LogP contribution is -2.25. The Morgan fingerprint density at radius 1 is 1.04 bits per heavy atom. The minimum Gasteiger partial charge on any atom is -0.494 e. The second-order valence-electron chi connectivity index (χ2n) is 6.41. The largest absolute Gasteiger partial charge is 0.494 e. The van der Waals surface area contributed by atoms with Crippen molar-refractivity contribution in [2.45, 2.75) is 12.5 Å². The van der Waals surface area contributed by atoms with Crippen molar-refractivity contribution in [3.8, 4) is 11.5 Å². The smallest absolute Gasteiger partial charge is 0.414 e. The van der Waals surface area contributed by atoms with Gasteiger partial charge in [0, 0.05) is 31.6 Å². The van der Waals surface area contributed by atoms with Crippen LogP contribution in [-0.2, 0) is 0 Å². The highest BCUT2D eigenvalue weighted by Crippen LogP contribution is 2.26. The van der Waals surface area contributed by atoms with Crippen molar-refractivity contribution in [1.82, 2.24) is 9.80 Å². The number of ether oxygens (including phenoxy) is 2. The summed E-state index contributed by atoms with van der Waals surface area (Å²) in [6.45, 7) is 0.562. The van der Waals surface area contributed by atoms with E-state index in [1.165, 1.54) is 4.90 Å². The molecule has 0 bridgehead atoms. The maximum absolute atomic E-state index is 11.7. The van der Waals surface area contributed by atoms with E-state index >= 15 is 0 Å². The van der Waals surface area contributed by atoms with E-state index in [1.807, 2.05) is 56.6 Å². The maximum atomic E-state index is 11.7. The van der Waals surface area contributed by atoms with Gasteiger partial charge in [-0.15, -0.1) is 12.4 Å². The molecule has 0 aliphatic rings. The molecule has 0 radical (unpaired) electrons. The summed E-state index contributed by atoms with van der Waals surface area (Å²) >= 11 is 5.89. The van der Waals surface area contributed by atoms with Gasteiger partial charge >= 0.3 is 6.09 Å². The van der Waals surface area contributed by atoms with E-state index in [2.05, 4.69) is 4.90 Å². The zero-order valence-corrected chi connectivity index (χ0v) is 17.6. The predicted molar refractivity (Wildman–Crippen MR) is 111 cm³/mol.